The summed E-state index contributed by atoms with van der Waals surface area (Å²) in [6.45, 7) is 4.65. The third kappa shape index (κ3) is 2.79. The van der Waals surface area contributed by atoms with Crippen LogP contribution in [0.1, 0.15) is 29.3 Å². The zero-order chi connectivity index (χ0) is 13.3. The van der Waals surface area contributed by atoms with Crippen molar-refractivity contribution < 1.29 is 5.11 Å². The highest BCUT2D eigenvalue weighted by Crippen LogP contribution is 2.31. The van der Waals surface area contributed by atoms with E-state index < -0.39 is 6.10 Å². The van der Waals surface area contributed by atoms with E-state index in [9.17, 15) is 5.11 Å². The lowest BCUT2D eigenvalue weighted by Crippen LogP contribution is -2.08. The SMILES string of the molecule is CCn1nc(C)c(Cl)c1CC(O)c1ccc(Br)s1. The smallest absolute Gasteiger partial charge is 0.0938 e. The maximum absolute atomic E-state index is 10.2. The van der Waals surface area contributed by atoms with Crippen molar-refractivity contribution in [3.8, 4) is 0 Å². The molecule has 0 saturated carbocycles. The Labute approximate surface area is 124 Å². The minimum absolute atomic E-state index is 0.487. The van der Waals surface area contributed by atoms with Crippen molar-refractivity contribution >= 4 is 38.9 Å². The van der Waals surface area contributed by atoms with Crippen molar-refractivity contribution in [3.05, 3.63) is 37.2 Å². The second-order valence-corrected chi connectivity index (χ2v) is 6.90. The molecule has 0 bridgehead atoms. The summed E-state index contributed by atoms with van der Waals surface area (Å²) in [6.07, 6.45) is -0.0549. The molecule has 98 valence electrons. The van der Waals surface area contributed by atoms with Crippen LogP contribution in [0.3, 0.4) is 0 Å². The molecule has 2 aromatic heterocycles. The van der Waals surface area contributed by atoms with Gasteiger partial charge in [0.15, 0.2) is 0 Å². The number of hydrogen-bond acceptors (Lipinski definition) is 3. The first-order valence-corrected chi connectivity index (χ1v) is 7.66. The van der Waals surface area contributed by atoms with Crippen LogP contribution in [0.2, 0.25) is 5.02 Å². The van der Waals surface area contributed by atoms with Crippen molar-refractivity contribution in [2.45, 2.75) is 32.9 Å². The van der Waals surface area contributed by atoms with Gasteiger partial charge in [0.05, 0.1) is 26.3 Å². The van der Waals surface area contributed by atoms with E-state index in [1.54, 1.807) is 0 Å². The lowest BCUT2D eigenvalue weighted by Gasteiger charge is -2.10. The first-order chi connectivity index (χ1) is 8.52. The summed E-state index contributed by atoms with van der Waals surface area (Å²) >= 11 is 11.2. The van der Waals surface area contributed by atoms with Gasteiger partial charge in [0.1, 0.15) is 0 Å². The summed E-state index contributed by atoms with van der Waals surface area (Å²) in [5.41, 5.74) is 1.71. The van der Waals surface area contributed by atoms with Gasteiger partial charge in [-0.25, -0.2) is 0 Å². The Morgan fingerprint density at radius 3 is 2.83 bits per heavy atom. The van der Waals surface area contributed by atoms with Crippen molar-refractivity contribution in [1.82, 2.24) is 9.78 Å². The van der Waals surface area contributed by atoms with E-state index in [1.165, 1.54) is 11.3 Å². The molecule has 0 fully saturated rings. The minimum Gasteiger partial charge on any atom is -0.387 e. The van der Waals surface area contributed by atoms with E-state index in [0.717, 1.165) is 26.6 Å². The molecule has 0 amide bonds. The molecule has 1 atom stereocenters. The Bertz CT molecular complexity index is 552. The summed E-state index contributed by atoms with van der Waals surface area (Å²) < 4.78 is 2.87. The molecule has 0 saturated heterocycles. The number of aliphatic hydroxyl groups excluding tert-OH is 1. The van der Waals surface area contributed by atoms with Crippen molar-refractivity contribution in [1.29, 1.82) is 0 Å². The first-order valence-electron chi connectivity index (χ1n) is 5.68. The second kappa shape index (κ2) is 5.74. The van der Waals surface area contributed by atoms with E-state index in [2.05, 4.69) is 21.0 Å². The van der Waals surface area contributed by atoms with Gasteiger partial charge >= 0.3 is 0 Å². The van der Waals surface area contributed by atoms with Crippen LogP contribution in [0, 0.1) is 6.92 Å². The second-order valence-electron chi connectivity index (χ2n) is 4.02. The van der Waals surface area contributed by atoms with Gasteiger partial charge < -0.3 is 5.11 Å². The Morgan fingerprint density at radius 1 is 1.56 bits per heavy atom. The summed E-state index contributed by atoms with van der Waals surface area (Å²) in [4.78, 5) is 0.930. The molecule has 2 heterocycles. The fraction of sp³-hybridized carbons (Fsp3) is 0.417. The lowest BCUT2D eigenvalue weighted by molar-refractivity contribution is 0.179. The van der Waals surface area contributed by atoms with E-state index in [0.29, 0.717) is 11.4 Å². The van der Waals surface area contributed by atoms with Crippen LogP contribution in [0.15, 0.2) is 15.9 Å². The summed E-state index contributed by atoms with van der Waals surface area (Å²) in [5, 5.41) is 15.2. The van der Waals surface area contributed by atoms with Crippen LogP contribution in [-0.4, -0.2) is 14.9 Å². The van der Waals surface area contributed by atoms with Gasteiger partial charge in [0.2, 0.25) is 0 Å². The molecule has 2 aromatic rings. The van der Waals surface area contributed by atoms with Crippen LogP contribution in [-0.2, 0) is 13.0 Å². The molecule has 0 spiro atoms. The Kier molecular flexibility index (Phi) is 4.48. The molecule has 0 aliphatic carbocycles. The number of halogens is 2. The van der Waals surface area contributed by atoms with Crippen molar-refractivity contribution in [2.24, 2.45) is 0 Å². The van der Waals surface area contributed by atoms with Crippen LogP contribution in [0.4, 0.5) is 0 Å². The number of aryl methyl sites for hydroxylation is 2. The fourth-order valence-electron chi connectivity index (χ4n) is 1.86. The highest BCUT2D eigenvalue weighted by molar-refractivity contribution is 9.11. The maximum atomic E-state index is 10.2. The molecule has 3 nitrogen and oxygen atoms in total. The summed E-state index contributed by atoms with van der Waals surface area (Å²) in [7, 11) is 0. The molecule has 1 unspecified atom stereocenters. The molecule has 0 radical (unpaired) electrons. The minimum atomic E-state index is -0.541. The van der Waals surface area contributed by atoms with Gasteiger partial charge in [-0.05, 0) is 41.9 Å². The van der Waals surface area contributed by atoms with Crippen molar-refractivity contribution in [2.75, 3.05) is 0 Å². The maximum Gasteiger partial charge on any atom is 0.0938 e. The van der Waals surface area contributed by atoms with Gasteiger partial charge in [-0.1, -0.05) is 11.6 Å². The predicted octanol–water partition coefficient (Wildman–Crippen LogP) is 3.96. The number of aromatic nitrogens is 2. The molecular weight excluding hydrogens is 336 g/mol. The third-order valence-electron chi connectivity index (χ3n) is 2.76. The van der Waals surface area contributed by atoms with E-state index in [4.69, 9.17) is 11.6 Å². The average molecular weight is 350 g/mol. The van der Waals surface area contributed by atoms with Gasteiger partial charge in [-0.15, -0.1) is 11.3 Å². The topological polar surface area (TPSA) is 38.0 Å². The normalized spacial score (nSPS) is 12.9. The third-order valence-corrected chi connectivity index (χ3v) is 4.98. The van der Waals surface area contributed by atoms with Gasteiger partial charge in [0, 0.05) is 17.8 Å². The number of nitrogens with zero attached hydrogens (tertiary/aromatic N) is 2. The monoisotopic (exact) mass is 348 g/mol. The predicted molar refractivity (Wildman–Crippen MR) is 78.3 cm³/mol. The van der Waals surface area contributed by atoms with E-state index in [1.807, 2.05) is 30.7 Å². The highest BCUT2D eigenvalue weighted by atomic mass is 79.9. The van der Waals surface area contributed by atoms with Gasteiger partial charge in [0.25, 0.3) is 0 Å². The largest absolute Gasteiger partial charge is 0.387 e. The first kappa shape index (κ1) is 14.1. The number of thiophene rings is 1. The van der Waals surface area contributed by atoms with Crippen LogP contribution >= 0.6 is 38.9 Å². The standard InChI is InChI=1S/C12H14BrClN2OS/c1-3-16-8(12(14)7(2)15-16)6-9(17)10-4-5-11(13)18-10/h4-5,9,17H,3,6H2,1-2H3. The lowest BCUT2D eigenvalue weighted by atomic mass is 10.1. The Morgan fingerprint density at radius 2 is 2.28 bits per heavy atom. The molecular formula is C12H14BrClN2OS. The van der Waals surface area contributed by atoms with Crippen molar-refractivity contribution in [3.63, 3.8) is 0 Å². The molecule has 0 aliphatic heterocycles. The molecule has 2 rings (SSSR count). The average Bonchev–Trinajstić information content (AvgIpc) is 2.88. The molecule has 0 aliphatic rings. The number of aliphatic hydroxyl groups is 1. The number of rotatable bonds is 4. The van der Waals surface area contributed by atoms with E-state index >= 15 is 0 Å². The zero-order valence-electron chi connectivity index (χ0n) is 10.2. The quantitative estimate of drug-likeness (QED) is 0.907. The Balaban J connectivity index is 2.23. The Hall–Kier alpha value is -0.360. The molecule has 0 aromatic carbocycles. The summed E-state index contributed by atoms with van der Waals surface area (Å²) in [6, 6.07) is 3.86. The molecule has 1 N–H and O–H groups in total. The molecule has 18 heavy (non-hydrogen) atoms. The molecule has 6 heteroatoms. The van der Waals surface area contributed by atoms with Crippen LogP contribution < -0.4 is 0 Å². The highest BCUT2D eigenvalue weighted by Gasteiger charge is 2.18. The van der Waals surface area contributed by atoms with Crippen LogP contribution in [0.25, 0.3) is 0 Å². The fourth-order valence-corrected chi connectivity index (χ4v) is 3.48. The van der Waals surface area contributed by atoms with Crippen LogP contribution in [0.5, 0.6) is 0 Å². The number of hydrogen-bond donors (Lipinski definition) is 1. The van der Waals surface area contributed by atoms with Gasteiger partial charge in [-0.2, -0.15) is 5.10 Å². The summed E-state index contributed by atoms with van der Waals surface area (Å²) in [5.74, 6) is 0. The van der Waals surface area contributed by atoms with Gasteiger partial charge in [-0.3, -0.25) is 4.68 Å². The van der Waals surface area contributed by atoms with E-state index in [-0.39, 0.29) is 0 Å². The zero-order valence-corrected chi connectivity index (χ0v) is 13.3.